The molecule has 0 aliphatic heterocycles. The van der Waals surface area contributed by atoms with Crippen LogP contribution in [0.2, 0.25) is 0 Å². The van der Waals surface area contributed by atoms with Gasteiger partial charge in [-0.2, -0.15) is 0 Å². The van der Waals surface area contributed by atoms with Crippen LogP contribution in [0.4, 0.5) is 5.95 Å². The van der Waals surface area contributed by atoms with Crippen LogP contribution in [0.3, 0.4) is 0 Å². The summed E-state index contributed by atoms with van der Waals surface area (Å²) in [5, 5.41) is 3.73. The molecule has 2 saturated carbocycles. The van der Waals surface area contributed by atoms with E-state index in [0.717, 1.165) is 17.6 Å². The molecule has 0 aromatic carbocycles. The molecule has 3 rings (SSSR count). The van der Waals surface area contributed by atoms with Gasteiger partial charge in [0.25, 0.3) is 0 Å². The van der Waals surface area contributed by atoms with Crippen LogP contribution in [0.25, 0.3) is 0 Å². The van der Waals surface area contributed by atoms with Crippen LogP contribution >= 0.6 is 0 Å². The van der Waals surface area contributed by atoms with Gasteiger partial charge in [-0.3, -0.25) is 0 Å². The summed E-state index contributed by atoms with van der Waals surface area (Å²) in [6, 6.07) is 1.30. The fourth-order valence-corrected chi connectivity index (χ4v) is 3.99. The van der Waals surface area contributed by atoms with Crippen molar-refractivity contribution in [3.8, 4) is 0 Å². The Labute approximate surface area is 123 Å². The summed E-state index contributed by atoms with van der Waals surface area (Å²) >= 11 is 0. The van der Waals surface area contributed by atoms with Gasteiger partial charge in [0.2, 0.25) is 5.95 Å². The van der Waals surface area contributed by atoms with Crippen LogP contribution in [-0.2, 0) is 0 Å². The summed E-state index contributed by atoms with van der Waals surface area (Å²) < 4.78 is 2.44. The molecule has 2 aliphatic rings. The second kappa shape index (κ2) is 6.19. The predicted molar refractivity (Wildman–Crippen MR) is 84.1 cm³/mol. The molecule has 2 aliphatic carbocycles. The number of rotatable bonds is 3. The van der Waals surface area contributed by atoms with Gasteiger partial charge in [-0.15, -0.1) is 0 Å². The van der Waals surface area contributed by atoms with E-state index in [1.807, 2.05) is 0 Å². The van der Waals surface area contributed by atoms with Crippen molar-refractivity contribution in [1.29, 1.82) is 0 Å². The Morgan fingerprint density at radius 2 is 1.90 bits per heavy atom. The monoisotopic (exact) mass is 275 g/mol. The standard InChI is InChI=1S/C17H29N3/c1-13-7-6-10-16(11-13)20-12-14(2)18-17(20)19-15-8-4-3-5-9-15/h12-13,15-16H,3-11H2,1-2H3,(H,18,19). The molecule has 2 unspecified atom stereocenters. The summed E-state index contributed by atoms with van der Waals surface area (Å²) in [7, 11) is 0. The smallest absolute Gasteiger partial charge is 0.203 e. The molecule has 1 N–H and O–H groups in total. The van der Waals surface area contributed by atoms with E-state index in [2.05, 4.69) is 29.9 Å². The lowest BCUT2D eigenvalue weighted by molar-refractivity contribution is 0.283. The van der Waals surface area contributed by atoms with Gasteiger partial charge in [0.05, 0.1) is 5.69 Å². The van der Waals surface area contributed by atoms with Gasteiger partial charge in [0, 0.05) is 18.3 Å². The molecule has 2 atom stereocenters. The number of nitrogens with one attached hydrogen (secondary N) is 1. The van der Waals surface area contributed by atoms with Gasteiger partial charge in [0.15, 0.2) is 0 Å². The summed E-state index contributed by atoms with van der Waals surface area (Å²) in [6.07, 6.45) is 14.4. The molecule has 112 valence electrons. The highest BCUT2D eigenvalue weighted by atomic mass is 15.2. The zero-order valence-electron chi connectivity index (χ0n) is 13.1. The molecule has 3 heteroatoms. The largest absolute Gasteiger partial charge is 0.353 e. The molecule has 0 bridgehead atoms. The number of nitrogens with zero attached hydrogens (tertiary/aromatic N) is 2. The molecule has 2 fully saturated rings. The van der Waals surface area contributed by atoms with Gasteiger partial charge < -0.3 is 9.88 Å². The highest BCUT2D eigenvalue weighted by Crippen LogP contribution is 2.34. The first-order chi connectivity index (χ1) is 9.72. The Bertz CT molecular complexity index is 431. The second-order valence-electron chi connectivity index (χ2n) is 7.02. The fraction of sp³-hybridized carbons (Fsp3) is 0.824. The van der Waals surface area contributed by atoms with E-state index in [-0.39, 0.29) is 0 Å². The molecule has 1 heterocycles. The molecule has 20 heavy (non-hydrogen) atoms. The van der Waals surface area contributed by atoms with Crippen LogP contribution in [0.1, 0.15) is 76.4 Å². The van der Waals surface area contributed by atoms with Crippen LogP contribution in [0.5, 0.6) is 0 Å². The molecule has 0 spiro atoms. The molecular weight excluding hydrogens is 246 g/mol. The average Bonchev–Trinajstić information content (AvgIpc) is 2.81. The third kappa shape index (κ3) is 3.18. The van der Waals surface area contributed by atoms with Gasteiger partial charge in [-0.1, -0.05) is 39.0 Å². The summed E-state index contributed by atoms with van der Waals surface area (Å²) in [5.74, 6) is 1.99. The first-order valence-electron chi connectivity index (χ1n) is 8.54. The van der Waals surface area contributed by atoms with Crippen molar-refractivity contribution < 1.29 is 0 Å². The maximum atomic E-state index is 4.76. The minimum absolute atomic E-state index is 0.644. The highest BCUT2D eigenvalue weighted by Gasteiger charge is 2.24. The Balaban J connectivity index is 1.73. The van der Waals surface area contributed by atoms with E-state index in [4.69, 9.17) is 4.98 Å². The Morgan fingerprint density at radius 1 is 1.10 bits per heavy atom. The first kappa shape index (κ1) is 14.0. The van der Waals surface area contributed by atoms with Crippen molar-refractivity contribution in [2.24, 2.45) is 5.92 Å². The molecular formula is C17H29N3. The number of aromatic nitrogens is 2. The SMILES string of the molecule is Cc1cn(C2CCCC(C)C2)c(NC2CCCCC2)n1. The maximum absolute atomic E-state index is 4.76. The number of hydrogen-bond donors (Lipinski definition) is 1. The molecule has 0 radical (unpaired) electrons. The zero-order valence-corrected chi connectivity index (χ0v) is 13.1. The normalized spacial score (nSPS) is 28.5. The number of imidazole rings is 1. The number of anilines is 1. The summed E-state index contributed by atoms with van der Waals surface area (Å²) in [5.41, 5.74) is 1.15. The van der Waals surface area contributed by atoms with Crippen LogP contribution < -0.4 is 5.32 Å². The lowest BCUT2D eigenvalue weighted by Crippen LogP contribution is -2.26. The summed E-state index contributed by atoms with van der Waals surface area (Å²) in [6.45, 7) is 4.51. The fourth-order valence-electron chi connectivity index (χ4n) is 3.99. The van der Waals surface area contributed by atoms with Crippen molar-refractivity contribution in [2.45, 2.75) is 83.7 Å². The topological polar surface area (TPSA) is 29.9 Å². The van der Waals surface area contributed by atoms with E-state index >= 15 is 0 Å². The van der Waals surface area contributed by atoms with Crippen LogP contribution in [-0.4, -0.2) is 15.6 Å². The van der Waals surface area contributed by atoms with E-state index in [1.54, 1.807) is 0 Å². The summed E-state index contributed by atoms with van der Waals surface area (Å²) in [4.78, 5) is 4.76. The van der Waals surface area contributed by atoms with Crippen molar-refractivity contribution >= 4 is 5.95 Å². The highest BCUT2D eigenvalue weighted by molar-refractivity contribution is 5.31. The lowest BCUT2D eigenvalue weighted by atomic mass is 9.87. The Morgan fingerprint density at radius 3 is 2.65 bits per heavy atom. The second-order valence-corrected chi connectivity index (χ2v) is 7.02. The van der Waals surface area contributed by atoms with Crippen LogP contribution in [0.15, 0.2) is 6.20 Å². The van der Waals surface area contributed by atoms with Gasteiger partial charge in [-0.05, 0) is 38.5 Å². The number of hydrogen-bond acceptors (Lipinski definition) is 2. The van der Waals surface area contributed by atoms with Gasteiger partial charge in [0.1, 0.15) is 0 Å². The van der Waals surface area contributed by atoms with E-state index < -0.39 is 0 Å². The minimum atomic E-state index is 0.644. The zero-order chi connectivity index (χ0) is 13.9. The first-order valence-corrected chi connectivity index (χ1v) is 8.54. The maximum Gasteiger partial charge on any atom is 0.203 e. The third-order valence-corrected chi connectivity index (χ3v) is 5.09. The van der Waals surface area contributed by atoms with E-state index in [0.29, 0.717) is 12.1 Å². The van der Waals surface area contributed by atoms with Gasteiger partial charge in [-0.25, -0.2) is 4.98 Å². The molecule has 3 nitrogen and oxygen atoms in total. The quantitative estimate of drug-likeness (QED) is 0.867. The lowest BCUT2D eigenvalue weighted by Gasteiger charge is -2.30. The van der Waals surface area contributed by atoms with Gasteiger partial charge >= 0.3 is 0 Å². The molecule has 0 saturated heterocycles. The van der Waals surface area contributed by atoms with Crippen molar-refractivity contribution in [3.63, 3.8) is 0 Å². The Kier molecular flexibility index (Phi) is 4.32. The van der Waals surface area contributed by atoms with E-state index in [1.165, 1.54) is 57.8 Å². The van der Waals surface area contributed by atoms with Crippen LogP contribution in [0, 0.1) is 12.8 Å². The molecule has 1 aromatic heterocycles. The molecule has 0 amide bonds. The average molecular weight is 275 g/mol. The van der Waals surface area contributed by atoms with Crippen molar-refractivity contribution in [3.05, 3.63) is 11.9 Å². The van der Waals surface area contributed by atoms with Crippen molar-refractivity contribution in [2.75, 3.05) is 5.32 Å². The number of aryl methyl sites for hydroxylation is 1. The predicted octanol–water partition coefficient (Wildman–Crippen LogP) is 4.69. The van der Waals surface area contributed by atoms with E-state index in [9.17, 15) is 0 Å². The molecule has 1 aromatic rings. The Hall–Kier alpha value is -0.990. The minimum Gasteiger partial charge on any atom is -0.353 e. The van der Waals surface area contributed by atoms with Crippen molar-refractivity contribution in [1.82, 2.24) is 9.55 Å². The third-order valence-electron chi connectivity index (χ3n) is 5.09.